The van der Waals surface area contributed by atoms with E-state index in [9.17, 15) is 18.0 Å². The number of esters is 1. The molecule has 0 spiro atoms. The van der Waals surface area contributed by atoms with E-state index in [2.05, 4.69) is 4.72 Å². The first-order chi connectivity index (χ1) is 11.3. The molecule has 2 rings (SSSR count). The molecule has 0 saturated carbocycles. The van der Waals surface area contributed by atoms with Crippen molar-refractivity contribution in [3.63, 3.8) is 0 Å². The number of carbonyl (C=O) groups excluding carboxylic acids is 2. The minimum atomic E-state index is -3.98. The number of ether oxygens (including phenoxy) is 1. The molecule has 8 heteroatoms. The van der Waals surface area contributed by atoms with Gasteiger partial charge in [-0.1, -0.05) is 18.2 Å². The summed E-state index contributed by atoms with van der Waals surface area (Å²) in [6, 6.07) is 7.60. The van der Waals surface area contributed by atoms with E-state index in [4.69, 9.17) is 9.15 Å². The number of Topliss-reactive ketones (excluding diaryl/α,β-unsaturated/α-hetero) is 1. The highest BCUT2D eigenvalue weighted by atomic mass is 32.2. The largest absolute Gasteiger partial charge is 0.462 e. The number of rotatable bonds is 6. The lowest BCUT2D eigenvalue weighted by molar-refractivity contribution is 0.0524. The Labute approximate surface area is 139 Å². The first-order valence-electron chi connectivity index (χ1n) is 7.17. The fourth-order valence-corrected chi connectivity index (χ4v) is 3.24. The molecule has 0 bridgehead atoms. The number of aryl methyl sites for hydroxylation is 1. The van der Waals surface area contributed by atoms with Gasteiger partial charge < -0.3 is 9.15 Å². The van der Waals surface area contributed by atoms with Gasteiger partial charge in [-0.05, 0) is 32.9 Å². The molecule has 0 atom stereocenters. The van der Waals surface area contributed by atoms with E-state index in [1.165, 1.54) is 26.0 Å². The second kappa shape index (κ2) is 6.88. The number of nitrogens with one attached hydrogen (secondary N) is 1. The van der Waals surface area contributed by atoms with Gasteiger partial charge in [-0.25, -0.2) is 17.9 Å². The second-order valence-corrected chi connectivity index (χ2v) is 6.61. The van der Waals surface area contributed by atoms with E-state index >= 15 is 0 Å². The fraction of sp³-hybridized carbons (Fsp3) is 0.250. The highest BCUT2D eigenvalue weighted by molar-refractivity contribution is 7.92. The third-order valence-electron chi connectivity index (χ3n) is 3.20. The Morgan fingerprint density at radius 1 is 1.17 bits per heavy atom. The van der Waals surface area contributed by atoms with Crippen molar-refractivity contribution in [2.75, 3.05) is 11.3 Å². The van der Waals surface area contributed by atoms with Crippen LogP contribution in [0.15, 0.2) is 39.6 Å². The molecule has 0 amide bonds. The summed E-state index contributed by atoms with van der Waals surface area (Å²) in [6.07, 6.45) is 0. The van der Waals surface area contributed by atoms with Crippen LogP contribution < -0.4 is 4.72 Å². The van der Waals surface area contributed by atoms with E-state index in [0.29, 0.717) is 0 Å². The molecular formula is C16H17NO6S. The van der Waals surface area contributed by atoms with Crippen LogP contribution in [0.25, 0.3) is 0 Å². The first-order valence-corrected chi connectivity index (χ1v) is 8.65. The van der Waals surface area contributed by atoms with Crippen LogP contribution in [0.2, 0.25) is 0 Å². The third-order valence-corrected chi connectivity index (χ3v) is 4.54. The number of anilines is 1. The molecule has 0 aliphatic heterocycles. The molecule has 2 aromatic rings. The summed E-state index contributed by atoms with van der Waals surface area (Å²) in [6.45, 7) is 4.41. The number of hydrogen-bond donors (Lipinski definition) is 1. The predicted molar refractivity (Wildman–Crippen MR) is 86.7 cm³/mol. The zero-order valence-electron chi connectivity index (χ0n) is 13.5. The van der Waals surface area contributed by atoms with Gasteiger partial charge in [0.25, 0.3) is 10.0 Å². The lowest BCUT2D eigenvalue weighted by atomic mass is 10.1. The van der Waals surface area contributed by atoms with E-state index in [0.717, 1.165) is 0 Å². The molecular weight excluding hydrogens is 334 g/mol. The molecule has 24 heavy (non-hydrogen) atoms. The van der Waals surface area contributed by atoms with Crippen molar-refractivity contribution < 1.29 is 27.2 Å². The van der Waals surface area contributed by atoms with Gasteiger partial charge in [0.2, 0.25) is 5.88 Å². The maximum Gasteiger partial charge on any atom is 0.344 e. The number of benzene rings is 1. The number of sulfonamides is 1. The van der Waals surface area contributed by atoms with E-state index in [1.54, 1.807) is 25.1 Å². The Balaban J connectivity index is 2.53. The summed E-state index contributed by atoms with van der Waals surface area (Å²) in [5.41, 5.74) is -0.222. The lowest BCUT2D eigenvalue weighted by Crippen LogP contribution is -2.16. The Kier molecular flexibility index (Phi) is 5.08. The summed E-state index contributed by atoms with van der Waals surface area (Å²) in [4.78, 5) is 24.0. The maximum atomic E-state index is 12.4. The van der Waals surface area contributed by atoms with Crippen LogP contribution in [0, 0.1) is 6.92 Å². The normalized spacial score (nSPS) is 11.1. The van der Waals surface area contributed by atoms with Crippen LogP contribution in [0.3, 0.4) is 0 Å². The second-order valence-electron chi connectivity index (χ2n) is 4.93. The molecule has 0 unspecified atom stereocenters. The predicted octanol–water partition coefficient (Wildman–Crippen LogP) is 2.77. The average molecular weight is 351 g/mol. The van der Waals surface area contributed by atoms with Crippen LogP contribution in [-0.2, 0) is 14.8 Å². The summed E-state index contributed by atoms with van der Waals surface area (Å²) >= 11 is 0. The van der Waals surface area contributed by atoms with E-state index in [1.807, 2.05) is 0 Å². The Bertz CT molecular complexity index is 867. The zero-order valence-corrected chi connectivity index (χ0v) is 14.3. The lowest BCUT2D eigenvalue weighted by Gasteiger charge is -2.08. The SMILES string of the molecule is CCOC(=O)c1c(NS(=O)(=O)c2ccccc2)oc(C)c1C(C)=O. The van der Waals surface area contributed by atoms with Crippen LogP contribution in [0.4, 0.5) is 5.88 Å². The summed E-state index contributed by atoms with van der Waals surface area (Å²) in [5.74, 6) is -1.45. The highest BCUT2D eigenvalue weighted by Gasteiger charge is 2.30. The van der Waals surface area contributed by atoms with Crippen molar-refractivity contribution in [2.45, 2.75) is 25.7 Å². The summed E-state index contributed by atoms with van der Waals surface area (Å²) < 4.78 is 37.3. The van der Waals surface area contributed by atoms with Crippen molar-refractivity contribution in [2.24, 2.45) is 0 Å². The fourth-order valence-electron chi connectivity index (χ4n) is 2.22. The minimum absolute atomic E-state index is 0.000730. The van der Waals surface area contributed by atoms with Crippen LogP contribution in [0.1, 0.15) is 40.3 Å². The van der Waals surface area contributed by atoms with Crippen LogP contribution >= 0.6 is 0 Å². The van der Waals surface area contributed by atoms with Gasteiger partial charge in [0.05, 0.1) is 17.1 Å². The number of ketones is 1. The molecule has 128 valence electrons. The van der Waals surface area contributed by atoms with Crippen molar-refractivity contribution in [3.8, 4) is 0 Å². The van der Waals surface area contributed by atoms with Gasteiger partial charge in [0.15, 0.2) is 5.78 Å². The van der Waals surface area contributed by atoms with Crippen molar-refractivity contribution in [1.29, 1.82) is 0 Å². The Morgan fingerprint density at radius 3 is 2.33 bits per heavy atom. The van der Waals surface area contributed by atoms with E-state index < -0.39 is 21.8 Å². The average Bonchev–Trinajstić information content (AvgIpc) is 2.84. The van der Waals surface area contributed by atoms with Gasteiger partial charge in [0.1, 0.15) is 11.3 Å². The van der Waals surface area contributed by atoms with Crippen molar-refractivity contribution >= 4 is 27.7 Å². The standard InChI is InChI=1S/C16H17NO6S/c1-4-22-16(19)14-13(10(2)18)11(3)23-15(14)17-24(20,21)12-8-6-5-7-9-12/h5-9,17H,4H2,1-3H3. The Hall–Kier alpha value is -2.61. The third kappa shape index (κ3) is 3.48. The quantitative estimate of drug-likeness (QED) is 0.634. The maximum absolute atomic E-state index is 12.4. The van der Waals surface area contributed by atoms with Gasteiger partial charge >= 0.3 is 5.97 Å². The molecule has 0 radical (unpaired) electrons. The van der Waals surface area contributed by atoms with Gasteiger partial charge in [-0.3, -0.25) is 4.79 Å². The monoisotopic (exact) mass is 351 g/mol. The first kappa shape index (κ1) is 17.7. The summed E-state index contributed by atoms with van der Waals surface area (Å²) in [7, 11) is -3.98. The molecule has 1 N–H and O–H groups in total. The molecule has 0 fully saturated rings. The van der Waals surface area contributed by atoms with Crippen LogP contribution in [-0.4, -0.2) is 26.8 Å². The number of carbonyl (C=O) groups is 2. The minimum Gasteiger partial charge on any atom is -0.462 e. The van der Waals surface area contributed by atoms with Gasteiger partial charge in [0, 0.05) is 0 Å². The number of furan rings is 1. The highest BCUT2D eigenvalue weighted by Crippen LogP contribution is 2.30. The van der Waals surface area contributed by atoms with Gasteiger partial charge in [-0.2, -0.15) is 0 Å². The molecule has 0 aliphatic rings. The zero-order chi connectivity index (χ0) is 17.9. The van der Waals surface area contributed by atoms with E-state index in [-0.39, 0.29) is 34.3 Å². The molecule has 0 aliphatic carbocycles. The van der Waals surface area contributed by atoms with Crippen molar-refractivity contribution in [3.05, 3.63) is 47.2 Å². The van der Waals surface area contributed by atoms with Gasteiger partial charge in [-0.15, -0.1) is 0 Å². The topological polar surface area (TPSA) is 103 Å². The Morgan fingerprint density at radius 2 is 1.79 bits per heavy atom. The molecule has 1 heterocycles. The number of hydrogen-bond acceptors (Lipinski definition) is 6. The summed E-state index contributed by atoms with van der Waals surface area (Å²) in [5, 5.41) is 0. The van der Waals surface area contributed by atoms with Crippen LogP contribution in [0.5, 0.6) is 0 Å². The molecule has 1 aromatic heterocycles. The van der Waals surface area contributed by atoms with Crippen molar-refractivity contribution in [1.82, 2.24) is 0 Å². The molecule has 0 saturated heterocycles. The molecule has 7 nitrogen and oxygen atoms in total. The smallest absolute Gasteiger partial charge is 0.344 e. The molecule has 1 aromatic carbocycles.